The van der Waals surface area contributed by atoms with Gasteiger partial charge in [-0.05, 0) is 55.3 Å². The minimum atomic E-state index is 0. The number of carbonyl (C=O) groups excluding carboxylic acids is 1. The Labute approximate surface area is 164 Å². The fourth-order valence-corrected chi connectivity index (χ4v) is 4.46. The Balaban J connectivity index is 0.00000243. The normalized spacial score (nSPS) is 24.7. The van der Waals surface area contributed by atoms with Crippen LogP contribution in [0.2, 0.25) is 0 Å². The Morgan fingerprint density at radius 1 is 1.12 bits per heavy atom. The van der Waals surface area contributed by atoms with E-state index in [-0.39, 0.29) is 24.2 Å². The highest BCUT2D eigenvalue weighted by atomic mass is 35.5. The van der Waals surface area contributed by atoms with Crippen molar-refractivity contribution in [2.45, 2.75) is 46.2 Å². The van der Waals surface area contributed by atoms with Crippen LogP contribution in [-0.4, -0.2) is 37.0 Å². The van der Waals surface area contributed by atoms with Gasteiger partial charge in [-0.1, -0.05) is 38.1 Å². The highest BCUT2D eigenvalue weighted by Crippen LogP contribution is 2.23. The summed E-state index contributed by atoms with van der Waals surface area (Å²) in [5.74, 6) is 1.94. The average Bonchev–Trinajstić information content (AvgIpc) is 2.60. The molecule has 0 saturated carbocycles. The van der Waals surface area contributed by atoms with Gasteiger partial charge < -0.3 is 10.6 Å². The van der Waals surface area contributed by atoms with Gasteiger partial charge in [-0.2, -0.15) is 0 Å². The molecule has 26 heavy (non-hydrogen) atoms. The fourth-order valence-electron chi connectivity index (χ4n) is 4.46. The van der Waals surface area contributed by atoms with Crippen molar-refractivity contribution < 1.29 is 4.79 Å². The van der Waals surface area contributed by atoms with E-state index in [1.54, 1.807) is 0 Å². The van der Waals surface area contributed by atoms with Crippen LogP contribution in [0.3, 0.4) is 0 Å². The van der Waals surface area contributed by atoms with E-state index < -0.39 is 0 Å². The van der Waals surface area contributed by atoms with Crippen LogP contribution >= 0.6 is 12.4 Å². The summed E-state index contributed by atoms with van der Waals surface area (Å²) in [7, 11) is 0. The number of carbonyl (C=O) groups is 1. The van der Waals surface area contributed by atoms with E-state index in [2.05, 4.69) is 53.6 Å². The Bertz CT molecular complexity index is 564. The van der Waals surface area contributed by atoms with Gasteiger partial charge in [0.25, 0.3) is 0 Å². The van der Waals surface area contributed by atoms with E-state index in [9.17, 15) is 4.79 Å². The van der Waals surface area contributed by atoms with Gasteiger partial charge in [0, 0.05) is 32.1 Å². The van der Waals surface area contributed by atoms with Crippen LogP contribution in [0, 0.1) is 17.8 Å². The first-order valence-corrected chi connectivity index (χ1v) is 9.89. The largest absolute Gasteiger partial charge is 0.352 e. The van der Waals surface area contributed by atoms with Crippen molar-refractivity contribution in [3.63, 3.8) is 0 Å². The summed E-state index contributed by atoms with van der Waals surface area (Å²) in [5, 5.41) is 6.50. The number of nitrogens with one attached hydrogen (secondary N) is 2. The third-order valence-electron chi connectivity index (χ3n) is 5.62. The zero-order valence-electron chi connectivity index (χ0n) is 16.2. The standard InChI is InChI=1S/C21H33N3O.ClH/c1-16-11-17(2)14-24(13-16)15-20-6-4-3-5-19(20)12-23-21(25)18-7-9-22-10-8-18;/h3-6,16-18,22H,7-15H2,1-2H3,(H,23,25);1H. The summed E-state index contributed by atoms with van der Waals surface area (Å²) in [6, 6.07) is 8.58. The van der Waals surface area contributed by atoms with E-state index >= 15 is 0 Å². The molecule has 0 aromatic heterocycles. The van der Waals surface area contributed by atoms with Gasteiger partial charge in [0.2, 0.25) is 5.91 Å². The Kier molecular flexibility index (Phi) is 8.39. The second-order valence-electron chi connectivity index (χ2n) is 8.15. The molecule has 2 aliphatic rings. The molecule has 1 aromatic carbocycles. The number of halogens is 1. The molecule has 146 valence electrons. The molecule has 2 saturated heterocycles. The van der Waals surface area contributed by atoms with Gasteiger partial charge in [-0.3, -0.25) is 9.69 Å². The SMILES string of the molecule is CC1CC(C)CN(Cc2ccccc2CNC(=O)C2CCNCC2)C1.Cl. The van der Waals surface area contributed by atoms with Crippen LogP contribution < -0.4 is 10.6 Å². The molecule has 1 amide bonds. The lowest BCUT2D eigenvalue weighted by Crippen LogP contribution is -2.39. The number of hydrogen-bond donors (Lipinski definition) is 2. The van der Waals surface area contributed by atoms with E-state index in [0.29, 0.717) is 6.54 Å². The number of amides is 1. The second kappa shape index (κ2) is 10.3. The van der Waals surface area contributed by atoms with Crippen LogP contribution in [0.15, 0.2) is 24.3 Å². The molecule has 2 atom stereocenters. The maximum atomic E-state index is 12.4. The van der Waals surface area contributed by atoms with Gasteiger partial charge in [-0.15, -0.1) is 12.4 Å². The monoisotopic (exact) mass is 379 g/mol. The minimum absolute atomic E-state index is 0. The summed E-state index contributed by atoms with van der Waals surface area (Å²) in [5.41, 5.74) is 2.62. The molecule has 2 fully saturated rings. The quantitative estimate of drug-likeness (QED) is 0.825. The van der Waals surface area contributed by atoms with E-state index in [0.717, 1.165) is 44.3 Å². The van der Waals surface area contributed by atoms with Crippen LogP contribution in [0.1, 0.15) is 44.2 Å². The number of nitrogens with zero attached hydrogens (tertiary/aromatic N) is 1. The highest BCUT2D eigenvalue weighted by molar-refractivity contribution is 5.85. The first-order valence-electron chi connectivity index (χ1n) is 9.89. The third-order valence-corrected chi connectivity index (χ3v) is 5.62. The summed E-state index contributed by atoms with van der Waals surface area (Å²) < 4.78 is 0. The summed E-state index contributed by atoms with van der Waals surface area (Å²) in [6.07, 6.45) is 3.25. The molecule has 2 N–H and O–H groups in total. The average molecular weight is 380 g/mol. The van der Waals surface area contributed by atoms with E-state index in [1.807, 2.05) is 0 Å². The Hall–Kier alpha value is -1.10. The molecule has 2 aliphatic heterocycles. The van der Waals surface area contributed by atoms with Crippen LogP contribution in [0.25, 0.3) is 0 Å². The summed E-state index contributed by atoms with van der Waals surface area (Å²) in [6.45, 7) is 10.6. The van der Waals surface area contributed by atoms with Crippen LogP contribution in [-0.2, 0) is 17.9 Å². The van der Waals surface area contributed by atoms with Gasteiger partial charge in [-0.25, -0.2) is 0 Å². The van der Waals surface area contributed by atoms with E-state index in [4.69, 9.17) is 0 Å². The Morgan fingerprint density at radius 2 is 1.73 bits per heavy atom. The number of benzene rings is 1. The van der Waals surface area contributed by atoms with Crippen LogP contribution in [0.5, 0.6) is 0 Å². The molecule has 1 aromatic rings. The lowest BCUT2D eigenvalue weighted by atomic mass is 9.91. The van der Waals surface area contributed by atoms with Crippen molar-refractivity contribution in [1.82, 2.24) is 15.5 Å². The molecular weight excluding hydrogens is 346 g/mol. The van der Waals surface area contributed by atoms with Gasteiger partial charge in [0.05, 0.1) is 0 Å². The molecule has 0 spiro atoms. The number of rotatable bonds is 5. The number of likely N-dealkylation sites (tertiary alicyclic amines) is 1. The molecular formula is C21H34ClN3O. The van der Waals surface area contributed by atoms with Crippen molar-refractivity contribution in [2.75, 3.05) is 26.2 Å². The van der Waals surface area contributed by atoms with Crippen molar-refractivity contribution in [3.05, 3.63) is 35.4 Å². The fraction of sp³-hybridized carbons (Fsp3) is 0.667. The predicted octanol–water partition coefficient (Wildman–Crippen LogP) is 3.20. The minimum Gasteiger partial charge on any atom is -0.352 e. The first kappa shape index (κ1) is 21.2. The topological polar surface area (TPSA) is 44.4 Å². The molecule has 2 unspecified atom stereocenters. The van der Waals surface area contributed by atoms with Crippen molar-refractivity contribution in [2.24, 2.45) is 17.8 Å². The predicted molar refractivity (Wildman–Crippen MR) is 109 cm³/mol. The van der Waals surface area contributed by atoms with Gasteiger partial charge in [0.1, 0.15) is 0 Å². The van der Waals surface area contributed by atoms with Crippen LogP contribution in [0.4, 0.5) is 0 Å². The second-order valence-corrected chi connectivity index (χ2v) is 8.15. The maximum Gasteiger partial charge on any atom is 0.223 e. The number of piperidine rings is 2. The molecule has 4 nitrogen and oxygen atoms in total. The van der Waals surface area contributed by atoms with Gasteiger partial charge >= 0.3 is 0 Å². The van der Waals surface area contributed by atoms with Crippen molar-refractivity contribution in [3.8, 4) is 0 Å². The molecule has 2 heterocycles. The zero-order chi connectivity index (χ0) is 17.6. The maximum absolute atomic E-state index is 12.4. The molecule has 0 radical (unpaired) electrons. The third kappa shape index (κ3) is 5.97. The Morgan fingerprint density at radius 3 is 2.38 bits per heavy atom. The lowest BCUT2D eigenvalue weighted by molar-refractivity contribution is -0.125. The zero-order valence-corrected chi connectivity index (χ0v) is 17.0. The molecule has 0 bridgehead atoms. The van der Waals surface area contributed by atoms with E-state index in [1.165, 1.54) is 30.6 Å². The molecule has 0 aliphatic carbocycles. The molecule has 5 heteroatoms. The van der Waals surface area contributed by atoms with Crippen molar-refractivity contribution >= 4 is 18.3 Å². The highest BCUT2D eigenvalue weighted by Gasteiger charge is 2.23. The first-order chi connectivity index (χ1) is 12.1. The molecule has 3 rings (SSSR count). The van der Waals surface area contributed by atoms with Crippen molar-refractivity contribution in [1.29, 1.82) is 0 Å². The summed E-state index contributed by atoms with van der Waals surface area (Å²) >= 11 is 0. The number of hydrogen-bond acceptors (Lipinski definition) is 3. The van der Waals surface area contributed by atoms with Gasteiger partial charge in [0.15, 0.2) is 0 Å². The smallest absolute Gasteiger partial charge is 0.223 e. The summed E-state index contributed by atoms with van der Waals surface area (Å²) in [4.78, 5) is 15.0. The lowest BCUT2D eigenvalue weighted by Gasteiger charge is -2.35.